The van der Waals surface area contributed by atoms with Crippen LogP contribution in [0.3, 0.4) is 0 Å². The van der Waals surface area contributed by atoms with Crippen molar-refractivity contribution >= 4 is 33.7 Å². The van der Waals surface area contributed by atoms with Crippen molar-refractivity contribution in [1.82, 2.24) is 0 Å². The summed E-state index contributed by atoms with van der Waals surface area (Å²) in [4.78, 5) is 13.9. The topological polar surface area (TPSA) is 43.1 Å². The Labute approximate surface area is 124 Å². The molecule has 0 atom stereocenters. The van der Waals surface area contributed by atoms with Crippen molar-refractivity contribution in [2.24, 2.45) is 0 Å². The summed E-state index contributed by atoms with van der Waals surface area (Å²) < 4.78 is 15.5. The Morgan fingerprint density at radius 1 is 1.32 bits per heavy atom. The van der Waals surface area contributed by atoms with E-state index in [-0.39, 0.29) is 22.9 Å². The molecule has 2 aromatic rings. The summed E-state index contributed by atoms with van der Waals surface area (Å²) in [5, 5.41) is 0.604. The van der Waals surface area contributed by atoms with Gasteiger partial charge in [-0.3, -0.25) is 4.79 Å². The molecule has 0 bridgehead atoms. The van der Waals surface area contributed by atoms with Gasteiger partial charge in [-0.1, -0.05) is 11.6 Å². The first-order valence-corrected chi connectivity index (χ1v) is 7.40. The van der Waals surface area contributed by atoms with Crippen molar-refractivity contribution in [2.75, 3.05) is 5.73 Å². The second-order valence-corrected chi connectivity index (χ2v) is 6.14. The zero-order valence-corrected chi connectivity index (χ0v) is 11.8. The number of aryl methyl sites for hydroxylation is 1. The molecular weight excluding hydrogens is 278 g/mol. The number of rotatable bonds is 2. The van der Waals surface area contributed by atoms with Gasteiger partial charge in [0, 0.05) is 15.5 Å². The van der Waals surface area contributed by atoms with Crippen LogP contribution in [0.4, 0.5) is 5.00 Å². The molecule has 1 heterocycles. The number of carbonyl (C=O) groups excluding carboxylic acids is 1. The minimum Gasteiger partial charge on any atom is -0.390 e. The highest BCUT2D eigenvalue weighted by atomic mass is 35.5. The summed E-state index contributed by atoms with van der Waals surface area (Å²) in [5.41, 5.74) is 7.98. The molecule has 1 aromatic heterocycles. The van der Waals surface area contributed by atoms with Crippen LogP contribution < -0.4 is 5.73 Å². The van der Waals surface area contributed by atoms with Crippen molar-refractivity contribution in [3.63, 3.8) is 0 Å². The molecule has 1 aliphatic carbocycles. The maximum Gasteiger partial charge on any atom is 0.196 e. The van der Waals surface area contributed by atoms with Crippen LogP contribution in [0.15, 0.2) is 24.2 Å². The largest absolute Gasteiger partial charge is 0.390 e. The standard InChI is InChI=1S/C15H14ClNOS/c16-10-7-5-9(6-8-10)14(18)13-11-3-1-2-4-12(11)19-15(13)17/h5-8H,1-4,17H2/i7T,8T. The number of nitrogens with two attached hydrogens (primary N) is 1. The quantitative estimate of drug-likeness (QED) is 0.848. The number of nitrogen functional groups attached to an aromatic ring is 1. The molecule has 0 radical (unpaired) electrons. The van der Waals surface area contributed by atoms with Gasteiger partial charge in [-0.25, -0.2) is 0 Å². The van der Waals surface area contributed by atoms with Crippen molar-refractivity contribution in [3.8, 4) is 0 Å². The third-order valence-electron chi connectivity index (χ3n) is 3.40. The Hall–Kier alpha value is -1.32. The summed E-state index contributed by atoms with van der Waals surface area (Å²) in [6.07, 6.45) is 4.05. The number of fused-ring (bicyclic) bond motifs is 1. The molecule has 0 saturated heterocycles. The number of hydrogen-bond acceptors (Lipinski definition) is 3. The molecule has 4 heteroatoms. The zero-order valence-electron chi connectivity index (χ0n) is 12.3. The van der Waals surface area contributed by atoms with Gasteiger partial charge in [0.2, 0.25) is 0 Å². The number of carbonyl (C=O) groups is 1. The van der Waals surface area contributed by atoms with Crippen LogP contribution in [0.5, 0.6) is 0 Å². The van der Waals surface area contributed by atoms with Crippen LogP contribution >= 0.6 is 22.9 Å². The fourth-order valence-corrected chi connectivity index (χ4v) is 3.74. The SMILES string of the molecule is [3H]c1cc(C(=O)c2c(N)sc3c2CCCC3)cc([3H])c1Cl. The molecule has 98 valence electrons. The molecule has 1 aliphatic rings. The number of halogens is 1. The minimum atomic E-state index is -0.203. The predicted octanol–water partition coefficient (Wildman–Crippen LogP) is 4.09. The molecule has 0 saturated carbocycles. The Balaban J connectivity index is 2.09. The minimum absolute atomic E-state index is 0.00446. The third-order valence-corrected chi connectivity index (χ3v) is 4.74. The second-order valence-electron chi connectivity index (χ2n) is 4.63. The first-order valence-electron chi connectivity index (χ1n) is 7.20. The summed E-state index contributed by atoms with van der Waals surface area (Å²) in [6, 6.07) is 2.81. The molecule has 2 N–H and O–H groups in total. The van der Waals surface area contributed by atoms with Crippen molar-refractivity contribution in [3.05, 3.63) is 50.8 Å². The molecule has 0 aliphatic heterocycles. The van der Waals surface area contributed by atoms with E-state index in [1.807, 2.05) is 0 Å². The Morgan fingerprint density at radius 2 is 2.00 bits per heavy atom. The number of thiophene rings is 1. The van der Waals surface area contributed by atoms with Gasteiger partial charge in [-0.05, 0) is 55.5 Å². The van der Waals surface area contributed by atoms with Crippen LogP contribution in [0.2, 0.25) is 5.02 Å². The van der Waals surface area contributed by atoms with E-state index in [1.165, 1.54) is 28.3 Å². The number of hydrogen-bond donors (Lipinski definition) is 1. The molecule has 3 rings (SSSR count). The number of benzene rings is 1. The molecular formula is C15H14ClNOS. The summed E-state index contributed by atoms with van der Waals surface area (Å²) >= 11 is 7.31. The van der Waals surface area contributed by atoms with E-state index in [9.17, 15) is 4.79 Å². The first kappa shape index (κ1) is 10.5. The van der Waals surface area contributed by atoms with E-state index in [1.54, 1.807) is 0 Å². The van der Waals surface area contributed by atoms with E-state index in [0.717, 1.165) is 31.2 Å². The van der Waals surface area contributed by atoms with Gasteiger partial charge in [-0.15, -0.1) is 11.3 Å². The van der Waals surface area contributed by atoms with Gasteiger partial charge < -0.3 is 5.73 Å². The van der Waals surface area contributed by atoms with E-state index in [4.69, 9.17) is 20.1 Å². The molecule has 0 unspecified atom stereocenters. The number of anilines is 1. The molecule has 19 heavy (non-hydrogen) atoms. The van der Waals surface area contributed by atoms with Crippen LogP contribution in [0, 0.1) is 0 Å². The monoisotopic (exact) mass is 295 g/mol. The van der Waals surface area contributed by atoms with Gasteiger partial charge >= 0.3 is 0 Å². The fraction of sp³-hybridized carbons (Fsp3) is 0.267. The third kappa shape index (κ3) is 2.28. The lowest BCUT2D eigenvalue weighted by atomic mass is 9.92. The van der Waals surface area contributed by atoms with Crippen LogP contribution in [0.1, 0.15) is 41.9 Å². The maximum absolute atomic E-state index is 12.7. The summed E-state index contributed by atoms with van der Waals surface area (Å²) in [5.74, 6) is -0.203. The van der Waals surface area contributed by atoms with Crippen molar-refractivity contribution in [2.45, 2.75) is 25.7 Å². The molecule has 0 amide bonds. The lowest BCUT2D eigenvalue weighted by Gasteiger charge is -2.12. The van der Waals surface area contributed by atoms with Crippen LogP contribution in [-0.2, 0) is 12.8 Å². The smallest absolute Gasteiger partial charge is 0.196 e. The zero-order chi connectivity index (χ0) is 15.1. The highest BCUT2D eigenvalue weighted by Crippen LogP contribution is 2.37. The van der Waals surface area contributed by atoms with Gasteiger partial charge in [0.25, 0.3) is 0 Å². The Kier molecular flexibility index (Phi) is 2.75. The maximum atomic E-state index is 12.7. The number of ketones is 1. The van der Waals surface area contributed by atoms with Crippen molar-refractivity contribution in [1.29, 1.82) is 0 Å². The molecule has 1 aromatic carbocycles. The van der Waals surface area contributed by atoms with Crippen LogP contribution in [0.25, 0.3) is 0 Å². The highest BCUT2D eigenvalue weighted by Gasteiger charge is 2.24. The Bertz CT molecular complexity index is 719. The van der Waals surface area contributed by atoms with Gasteiger partial charge in [0.05, 0.1) is 13.3 Å². The van der Waals surface area contributed by atoms with E-state index < -0.39 is 0 Å². The fourth-order valence-electron chi connectivity index (χ4n) is 2.48. The summed E-state index contributed by atoms with van der Waals surface area (Å²) in [6.45, 7) is 0. The molecule has 0 fully saturated rings. The molecule has 0 spiro atoms. The second kappa shape index (κ2) is 4.99. The highest BCUT2D eigenvalue weighted by molar-refractivity contribution is 7.16. The predicted molar refractivity (Wildman–Crippen MR) is 80.3 cm³/mol. The first-order chi connectivity index (χ1) is 9.99. The Morgan fingerprint density at radius 3 is 2.74 bits per heavy atom. The van der Waals surface area contributed by atoms with Gasteiger partial charge in [0.15, 0.2) is 5.78 Å². The van der Waals surface area contributed by atoms with Crippen LogP contribution in [-0.4, -0.2) is 5.78 Å². The van der Waals surface area contributed by atoms with E-state index in [0.29, 0.717) is 16.1 Å². The average Bonchev–Trinajstić information content (AvgIpc) is 2.79. The van der Waals surface area contributed by atoms with E-state index >= 15 is 0 Å². The molecule has 2 nitrogen and oxygen atoms in total. The lowest BCUT2D eigenvalue weighted by Crippen LogP contribution is -2.08. The lowest BCUT2D eigenvalue weighted by molar-refractivity contribution is 0.103. The van der Waals surface area contributed by atoms with Gasteiger partial charge in [-0.2, -0.15) is 0 Å². The normalized spacial score (nSPS) is 15.6. The van der Waals surface area contributed by atoms with E-state index in [2.05, 4.69) is 0 Å². The average molecular weight is 296 g/mol. The summed E-state index contributed by atoms with van der Waals surface area (Å²) in [7, 11) is 0. The van der Waals surface area contributed by atoms with Gasteiger partial charge in [0.1, 0.15) is 0 Å². The van der Waals surface area contributed by atoms with Crippen molar-refractivity contribution < 1.29 is 7.54 Å².